The molecule has 4 heteroatoms. The van der Waals surface area contributed by atoms with E-state index in [1.54, 1.807) is 0 Å². The Kier molecular flexibility index (Phi) is 5.32. The van der Waals surface area contributed by atoms with Gasteiger partial charge in [-0.15, -0.1) is 11.8 Å². The van der Waals surface area contributed by atoms with Crippen molar-refractivity contribution in [1.82, 2.24) is 10.3 Å². The number of nitrogens with zero attached hydrogens (tertiary/aromatic N) is 1. The summed E-state index contributed by atoms with van der Waals surface area (Å²) in [6.07, 6.45) is 6.97. The van der Waals surface area contributed by atoms with Gasteiger partial charge in [-0.1, -0.05) is 6.92 Å². The molecule has 2 unspecified atom stereocenters. The van der Waals surface area contributed by atoms with E-state index in [1.807, 2.05) is 24.0 Å². The predicted octanol–water partition coefficient (Wildman–Crippen LogP) is 3.86. The molecule has 2 rings (SSSR count). The zero-order valence-electron chi connectivity index (χ0n) is 10.2. The van der Waals surface area contributed by atoms with Crippen molar-refractivity contribution in [3.05, 3.63) is 22.8 Å². The molecule has 0 spiro atoms. The molecule has 0 aromatic carbocycles. The first-order valence-corrected chi connectivity index (χ1v) is 7.97. The Morgan fingerprint density at radius 2 is 2.41 bits per heavy atom. The molecule has 1 aromatic heterocycles. The van der Waals surface area contributed by atoms with Gasteiger partial charge in [0, 0.05) is 22.0 Å². The maximum Gasteiger partial charge on any atom is 0.110 e. The topological polar surface area (TPSA) is 24.9 Å². The first-order chi connectivity index (χ1) is 8.29. The van der Waals surface area contributed by atoms with E-state index in [0.717, 1.165) is 27.3 Å². The fourth-order valence-electron chi connectivity index (χ4n) is 2.20. The van der Waals surface area contributed by atoms with Crippen molar-refractivity contribution in [3.8, 4) is 0 Å². The van der Waals surface area contributed by atoms with Gasteiger partial charge in [-0.2, -0.15) is 0 Å². The molecule has 1 heterocycles. The third kappa shape index (κ3) is 3.97. The van der Waals surface area contributed by atoms with Crippen LogP contribution in [0.2, 0.25) is 0 Å². The van der Waals surface area contributed by atoms with E-state index < -0.39 is 0 Å². The molecule has 1 aromatic rings. The van der Waals surface area contributed by atoms with Crippen LogP contribution in [0.15, 0.2) is 27.8 Å². The van der Waals surface area contributed by atoms with Crippen molar-refractivity contribution < 1.29 is 0 Å². The minimum atomic E-state index is 0.718. The van der Waals surface area contributed by atoms with Gasteiger partial charge in [-0.3, -0.25) is 0 Å². The monoisotopic (exact) mass is 314 g/mol. The summed E-state index contributed by atoms with van der Waals surface area (Å²) in [5.41, 5.74) is 0. The maximum atomic E-state index is 4.42. The van der Waals surface area contributed by atoms with Crippen molar-refractivity contribution in [2.75, 3.05) is 6.54 Å². The van der Waals surface area contributed by atoms with Gasteiger partial charge in [0.15, 0.2) is 0 Å². The second kappa shape index (κ2) is 6.76. The fourth-order valence-corrected chi connectivity index (χ4v) is 3.93. The van der Waals surface area contributed by atoms with Crippen LogP contribution in [-0.2, 0) is 0 Å². The molecule has 2 atom stereocenters. The number of rotatable bonds is 5. The van der Waals surface area contributed by atoms with E-state index in [-0.39, 0.29) is 0 Å². The van der Waals surface area contributed by atoms with Crippen molar-refractivity contribution in [3.63, 3.8) is 0 Å². The zero-order valence-corrected chi connectivity index (χ0v) is 12.6. The van der Waals surface area contributed by atoms with Crippen LogP contribution < -0.4 is 5.32 Å². The number of thioether (sulfide) groups is 1. The highest BCUT2D eigenvalue weighted by Gasteiger charge is 2.25. The molecule has 1 fully saturated rings. The highest BCUT2D eigenvalue weighted by atomic mass is 79.9. The Hall–Kier alpha value is -0.0600. The summed E-state index contributed by atoms with van der Waals surface area (Å²) in [4.78, 5) is 4.42. The van der Waals surface area contributed by atoms with Gasteiger partial charge in [-0.05, 0) is 60.3 Å². The van der Waals surface area contributed by atoms with Gasteiger partial charge in [0.05, 0.1) is 0 Å². The summed E-state index contributed by atoms with van der Waals surface area (Å²) in [7, 11) is 0. The lowest BCUT2D eigenvalue weighted by atomic mass is 10.2. The van der Waals surface area contributed by atoms with Crippen LogP contribution in [0.5, 0.6) is 0 Å². The fraction of sp³-hybridized carbons (Fsp3) is 0.615. The lowest BCUT2D eigenvalue weighted by Gasteiger charge is -2.12. The molecule has 1 aliphatic carbocycles. The highest BCUT2D eigenvalue weighted by molar-refractivity contribution is 9.10. The smallest absolute Gasteiger partial charge is 0.110 e. The molecule has 0 aliphatic heterocycles. The molecule has 0 saturated heterocycles. The minimum absolute atomic E-state index is 0.718. The van der Waals surface area contributed by atoms with E-state index >= 15 is 0 Å². The van der Waals surface area contributed by atoms with Crippen molar-refractivity contribution in [2.24, 2.45) is 0 Å². The number of pyridine rings is 1. The van der Waals surface area contributed by atoms with E-state index in [1.165, 1.54) is 25.7 Å². The lowest BCUT2D eigenvalue weighted by molar-refractivity contribution is 0.524. The first-order valence-electron chi connectivity index (χ1n) is 6.30. The van der Waals surface area contributed by atoms with Gasteiger partial charge in [0.2, 0.25) is 0 Å². The summed E-state index contributed by atoms with van der Waals surface area (Å²) in [6.45, 7) is 3.37. The van der Waals surface area contributed by atoms with Crippen LogP contribution in [0.1, 0.15) is 32.6 Å². The summed E-state index contributed by atoms with van der Waals surface area (Å²) in [5.74, 6) is 0. The summed E-state index contributed by atoms with van der Waals surface area (Å²) in [6, 6.07) is 4.75. The quantitative estimate of drug-likeness (QED) is 0.893. The molecule has 1 N–H and O–H groups in total. The number of aromatic nitrogens is 1. The lowest BCUT2D eigenvalue weighted by Crippen LogP contribution is -2.27. The van der Waals surface area contributed by atoms with Gasteiger partial charge >= 0.3 is 0 Å². The molecule has 1 aliphatic rings. The van der Waals surface area contributed by atoms with Crippen LogP contribution in [0, 0.1) is 0 Å². The Morgan fingerprint density at radius 1 is 1.53 bits per heavy atom. The standard InChI is InChI=1S/C13H19BrN2S/c1-2-7-15-10-5-6-11(9-10)17-13-12(14)4-3-8-16-13/h3-4,8,10-11,15H,2,5-7,9H2,1H3. The van der Waals surface area contributed by atoms with Crippen molar-refractivity contribution in [2.45, 2.75) is 48.9 Å². The van der Waals surface area contributed by atoms with E-state index in [0.29, 0.717) is 0 Å². The molecule has 0 radical (unpaired) electrons. The average molecular weight is 315 g/mol. The number of hydrogen-bond donors (Lipinski definition) is 1. The van der Waals surface area contributed by atoms with Crippen molar-refractivity contribution >= 4 is 27.7 Å². The molecule has 0 bridgehead atoms. The molecule has 0 amide bonds. The predicted molar refractivity (Wildman–Crippen MR) is 77.5 cm³/mol. The van der Waals surface area contributed by atoms with Gasteiger partial charge in [0.25, 0.3) is 0 Å². The normalized spacial score (nSPS) is 24.1. The van der Waals surface area contributed by atoms with E-state index in [9.17, 15) is 0 Å². The molecular formula is C13H19BrN2S. The molecular weight excluding hydrogens is 296 g/mol. The Bertz CT molecular complexity index is 359. The SMILES string of the molecule is CCCNC1CCC(Sc2ncccc2Br)C1. The summed E-state index contributed by atoms with van der Waals surface area (Å²) in [5, 5.41) is 5.47. The van der Waals surface area contributed by atoms with E-state index in [2.05, 4.69) is 39.2 Å². The second-order valence-corrected chi connectivity index (χ2v) is 6.64. The first kappa shape index (κ1) is 13.4. The molecule has 2 nitrogen and oxygen atoms in total. The highest BCUT2D eigenvalue weighted by Crippen LogP contribution is 2.36. The third-order valence-electron chi connectivity index (χ3n) is 3.07. The van der Waals surface area contributed by atoms with E-state index in [4.69, 9.17) is 0 Å². The van der Waals surface area contributed by atoms with Crippen LogP contribution in [0.25, 0.3) is 0 Å². The summed E-state index contributed by atoms with van der Waals surface area (Å²) >= 11 is 5.48. The van der Waals surface area contributed by atoms with Crippen LogP contribution in [0.4, 0.5) is 0 Å². The molecule has 1 saturated carbocycles. The number of nitrogens with one attached hydrogen (secondary N) is 1. The molecule has 17 heavy (non-hydrogen) atoms. The van der Waals surface area contributed by atoms with Crippen molar-refractivity contribution in [1.29, 1.82) is 0 Å². The Morgan fingerprint density at radius 3 is 3.18 bits per heavy atom. The van der Waals surface area contributed by atoms with Gasteiger partial charge < -0.3 is 5.32 Å². The van der Waals surface area contributed by atoms with Gasteiger partial charge in [0.1, 0.15) is 5.03 Å². The Balaban J connectivity index is 1.83. The minimum Gasteiger partial charge on any atom is -0.314 e. The summed E-state index contributed by atoms with van der Waals surface area (Å²) < 4.78 is 1.12. The molecule has 94 valence electrons. The number of hydrogen-bond acceptors (Lipinski definition) is 3. The van der Waals surface area contributed by atoms with Crippen LogP contribution in [-0.4, -0.2) is 22.8 Å². The third-order valence-corrected chi connectivity index (χ3v) is 5.28. The van der Waals surface area contributed by atoms with Gasteiger partial charge in [-0.25, -0.2) is 4.98 Å². The van der Waals surface area contributed by atoms with Crippen LogP contribution in [0.3, 0.4) is 0 Å². The largest absolute Gasteiger partial charge is 0.314 e. The zero-order chi connectivity index (χ0) is 12.1. The Labute approximate surface area is 116 Å². The van der Waals surface area contributed by atoms with Crippen LogP contribution >= 0.6 is 27.7 Å². The number of halogens is 1. The second-order valence-electron chi connectivity index (χ2n) is 4.49. The maximum absolute atomic E-state index is 4.42. The average Bonchev–Trinajstić information content (AvgIpc) is 2.77.